The summed E-state index contributed by atoms with van der Waals surface area (Å²) >= 11 is 3.44. The van der Waals surface area contributed by atoms with Crippen LogP contribution >= 0.6 is 15.9 Å². The van der Waals surface area contributed by atoms with Gasteiger partial charge in [-0.1, -0.05) is 22.9 Å². The highest BCUT2D eigenvalue weighted by molar-refractivity contribution is 9.10. The van der Waals surface area contributed by atoms with Crippen molar-refractivity contribution in [3.8, 4) is 5.75 Å². The molecule has 1 aromatic rings. The number of hydrogen-bond donors (Lipinski definition) is 0. The van der Waals surface area contributed by atoms with E-state index in [4.69, 9.17) is 4.74 Å². The van der Waals surface area contributed by atoms with E-state index in [0.717, 1.165) is 16.8 Å². The second-order valence-corrected chi connectivity index (χ2v) is 3.81. The van der Waals surface area contributed by atoms with E-state index in [9.17, 15) is 0 Å². The van der Waals surface area contributed by atoms with Crippen molar-refractivity contribution < 1.29 is 4.74 Å². The molecular formula is C9H9BrO. The van der Waals surface area contributed by atoms with E-state index in [-0.39, 0.29) is 0 Å². The summed E-state index contributed by atoms with van der Waals surface area (Å²) in [6.45, 7) is 3.00. The molecule has 0 radical (unpaired) electrons. The number of rotatable bonds is 0. The summed E-state index contributed by atoms with van der Waals surface area (Å²) in [6.07, 6.45) is 0. The molecule has 0 amide bonds. The van der Waals surface area contributed by atoms with Crippen molar-refractivity contribution >= 4 is 15.9 Å². The fourth-order valence-electron chi connectivity index (χ4n) is 1.34. The maximum absolute atomic E-state index is 5.44. The van der Waals surface area contributed by atoms with Gasteiger partial charge in [0.1, 0.15) is 5.75 Å². The van der Waals surface area contributed by atoms with Crippen molar-refractivity contribution in [3.63, 3.8) is 0 Å². The molecule has 1 aromatic carbocycles. The quantitative estimate of drug-likeness (QED) is 0.643. The standard InChI is InChI=1S/C9H9BrO/c1-6-5-11-9-3-2-7(10)4-8(6)9/h2-4,6H,5H2,1H3. The maximum Gasteiger partial charge on any atom is 0.122 e. The summed E-state index contributed by atoms with van der Waals surface area (Å²) in [5.41, 5.74) is 1.32. The molecular weight excluding hydrogens is 204 g/mol. The second kappa shape index (κ2) is 2.52. The molecule has 58 valence electrons. The first-order valence-electron chi connectivity index (χ1n) is 3.69. The lowest BCUT2D eigenvalue weighted by atomic mass is 10.0. The molecule has 1 unspecified atom stereocenters. The molecule has 0 bridgehead atoms. The van der Waals surface area contributed by atoms with Gasteiger partial charge in [-0.05, 0) is 18.2 Å². The van der Waals surface area contributed by atoms with E-state index in [2.05, 4.69) is 28.9 Å². The van der Waals surface area contributed by atoms with Crippen molar-refractivity contribution in [2.45, 2.75) is 12.8 Å². The van der Waals surface area contributed by atoms with Gasteiger partial charge in [-0.15, -0.1) is 0 Å². The zero-order valence-electron chi connectivity index (χ0n) is 6.30. The van der Waals surface area contributed by atoms with Crippen LogP contribution in [0.25, 0.3) is 0 Å². The van der Waals surface area contributed by atoms with Gasteiger partial charge in [-0.2, -0.15) is 0 Å². The Morgan fingerprint density at radius 2 is 2.36 bits per heavy atom. The Balaban J connectivity index is 2.52. The van der Waals surface area contributed by atoms with Gasteiger partial charge in [0.15, 0.2) is 0 Å². The lowest BCUT2D eigenvalue weighted by Gasteiger charge is -1.99. The molecule has 0 N–H and O–H groups in total. The highest BCUT2D eigenvalue weighted by Crippen LogP contribution is 2.35. The summed E-state index contributed by atoms with van der Waals surface area (Å²) < 4.78 is 6.58. The van der Waals surface area contributed by atoms with Crippen LogP contribution in [0.15, 0.2) is 22.7 Å². The minimum atomic E-state index is 0.544. The van der Waals surface area contributed by atoms with E-state index in [1.165, 1.54) is 5.56 Å². The van der Waals surface area contributed by atoms with Crippen LogP contribution < -0.4 is 4.74 Å². The zero-order chi connectivity index (χ0) is 7.84. The smallest absolute Gasteiger partial charge is 0.122 e. The average Bonchev–Trinajstić information content (AvgIpc) is 2.33. The molecule has 0 fully saturated rings. The van der Waals surface area contributed by atoms with Gasteiger partial charge in [0.05, 0.1) is 6.61 Å². The van der Waals surface area contributed by atoms with Crippen molar-refractivity contribution in [1.82, 2.24) is 0 Å². The topological polar surface area (TPSA) is 9.23 Å². The van der Waals surface area contributed by atoms with Crippen LogP contribution in [0.1, 0.15) is 18.4 Å². The van der Waals surface area contributed by atoms with E-state index in [1.54, 1.807) is 0 Å². The Labute approximate surface area is 74.5 Å². The van der Waals surface area contributed by atoms with Crippen molar-refractivity contribution in [2.75, 3.05) is 6.61 Å². The molecule has 2 rings (SSSR count). The Bertz CT molecular complexity index is 283. The lowest BCUT2D eigenvalue weighted by molar-refractivity contribution is 0.337. The fraction of sp³-hybridized carbons (Fsp3) is 0.333. The molecule has 0 aliphatic carbocycles. The minimum absolute atomic E-state index is 0.544. The monoisotopic (exact) mass is 212 g/mol. The number of benzene rings is 1. The SMILES string of the molecule is CC1COc2ccc(Br)cc21. The minimum Gasteiger partial charge on any atom is -0.493 e. The summed E-state index contributed by atoms with van der Waals surface area (Å²) in [6, 6.07) is 6.16. The molecule has 1 nitrogen and oxygen atoms in total. The van der Waals surface area contributed by atoms with Crippen LogP contribution in [0.2, 0.25) is 0 Å². The first kappa shape index (κ1) is 7.17. The maximum atomic E-state index is 5.44. The van der Waals surface area contributed by atoms with Gasteiger partial charge in [-0.25, -0.2) is 0 Å². The Kier molecular flexibility index (Phi) is 1.64. The second-order valence-electron chi connectivity index (χ2n) is 2.89. The highest BCUT2D eigenvalue weighted by atomic mass is 79.9. The van der Waals surface area contributed by atoms with E-state index in [1.807, 2.05) is 12.1 Å². The van der Waals surface area contributed by atoms with Crippen LogP contribution in [0.3, 0.4) is 0 Å². The van der Waals surface area contributed by atoms with Gasteiger partial charge >= 0.3 is 0 Å². The van der Waals surface area contributed by atoms with Gasteiger partial charge in [0, 0.05) is 16.0 Å². The van der Waals surface area contributed by atoms with Crippen LogP contribution in [-0.2, 0) is 0 Å². The molecule has 1 aliphatic heterocycles. The normalized spacial score (nSPS) is 21.1. The Hall–Kier alpha value is -0.500. The molecule has 1 heterocycles. The van der Waals surface area contributed by atoms with Gasteiger partial charge < -0.3 is 4.74 Å². The van der Waals surface area contributed by atoms with E-state index in [0.29, 0.717) is 5.92 Å². The number of ether oxygens (including phenoxy) is 1. The summed E-state index contributed by atoms with van der Waals surface area (Å²) in [4.78, 5) is 0. The molecule has 0 saturated carbocycles. The summed E-state index contributed by atoms with van der Waals surface area (Å²) in [5.74, 6) is 1.59. The third-order valence-corrected chi connectivity index (χ3v) is 2.48. The molecule has 2 heteroatoms. The Morgan fingerprint density at radius 3 is 3.18 bits per heavy atom. The molecule has 0 aromatic heterocycles. The third kappa shape index (κ3) is 1.16. The highest BCUT2D eigenvalue weighted by Gasteiger charge is 2.19. The largest absolute Gasteiger partial charge is 0.493 e. The van der Waals surface area contributed by atoms with Gasteiger partial charge in [0.25, 0.3) is 0 Å². The molecule has 1 atom stereocenters. The first-order valence-corrected chi connectivity index (χ1v) is 4.49. The predicted octanol–water partition coefficient (Wildman–Crippen LogP) is 2.95. The number of halogens is 1. The summed E-state index contributed by atoms with van der Waals surface area (Å²) in [5, 5.41) is 0. The predicted molar refractivity (Wildman–Crippen MR) is 48.1 cm³/mol. The molecule has 11 heavy (non-hydrogen) atoms. The first-order chi connectivity index (χ1) is 5.27. The third-order valence-electron chi connectivity index (χ3n) is 1.99. The van der Waals surface area contributed by atoms with Gasteiger partial charge in [-0.3, -0.25) is 0 Å². The fourth-order valence-corrected chi connectivity index (χ4v) is 1.72. The van der Waals surface area contributed by atoms with Crippen LogP contribution in [-0.4, -0.2) is 6.61 Å². The van der Waals surface area contributed by atoms with Crippen molar-refractivity contribution in [3.05, 3.63) is 28.2 Å². The number of fused-ring (bicyclic) bond motifs is 1. The molecule has 1 aliphatic rings. The average molecular weight is 213 g/mol. The summed E-state index contributed by atoms with van der Waals surface area (Å²) in [7, 11) is 0. The molecule has 0 spiro atoms. The van der Waals surface area contributed by atoms with E-state index >= 15 is 0 Å². The van der Waals surface area contributed by atoms with Crippen LogP contribution in [0.5, 0.6) is 5.75 Å². The number of hydrogen-bond acceptors (Lipinski definition) is 1. The molecule has 0 saturated heterocycles. The van der Waals surface area contributed by atoms with Crippen molar-refractivity contribution in [2.24, 2.45) is 0 Å². The van der Waals surface area contributed by atoms with Gasteiger partial charge in [0.2, 0.25) is 0 Å². The lowest BCUT2D eigenvalue weighted by Crippen LogP contribution is -1.93. The Morgan fingerprint density at radius 1 is 1.55 bits per heavy atom. The zero-order valence-corrected chi connectivity index (χ0v) is 7.89. The van der Waals surface area contributed by atoms with Crippen LogP contribution in [0, 0.1) is 0 Å². The van der Waals surface area contributed by atoms with Crippen molar-refractivity contribution in [1.29, 1.82) is 0 Å². The van der Waals surface area contributed by atoms with Crippen LogP contribution in [0.4, 0.5) is 0 Å². The van der Waals surface area contributed by atoms with E-state index < -0.39 is 0 Å².